The van der Waals surface area contributed by atoms with E-state index in [9.17, 15) is 14.4 Å². The van der Waals surface area contributed by atoms with Gasteiger partial charge in [0.1, 0.15) is 12.1 Å². The average Bonchev–Trinajstić information content (AvgIpc) is 3.28. The first-order valence-corrected chi connectivity index (χ1v) is 10.9. The zero-order valence-corrected chi connectivity index (χ0v) is 17.4. The van der Waals surface area contributed by atoms with Crippen LogP contribution in [0.25, 0.3) is 0 Å². The SMILES string of the molecule is NCC[C@H](NC(=O)[C@H]1CCCN1C(=O)C1CCCNC1)C(=O)NCc1ccccc1. The quantitative estimate of drug-likeness (QED) is 0.482. The van der Waals surface area contributed by atoms with Crippen LogP contribution in [0.4, 0.5) is 0 Å². The van der Waals surface area contributed by atoms with E-state index in [4.69, 9.17) is 5.73 Å². The zero-order chi connectivity index (χ0) is 21.3. The summed E-state index contributed by atoms with van der Waals surface area (Å²) in [7, 11) is 0. The molecule has 8 heteroatoms. The van der Waals surface area contributed by atoms with Crippen molar-refractivity contribution in [2.24, 2.45) is 11.7 Å². The van der Waals surface area contributed by atoms with Gasteiger partial charge < -0.3 is 26.6 Å². The van der Waals surface area contributed by atoms with E-state index < -0.39 is 12.1 Å². The molecule has 0 saturated carbocycles. The van der Waals surface area contributed by atoms with Gasteiger partial charge >= 0.3 is 0 Å². The van der Waals surface area contributed by atoms with Crippen molar-refractivity contribution >= 4 is 17.7 Å². The first-order valence-electron chi connectivity index (χ1n) is 10.9. The number of benzene rings is 1. The normalized spacial score (nSPS) is 22.4. The molecule has 8 nitrogen and oxygen atoms in total. The van der Waals surface area contributed by atoms with Gasteiger partial charge in [-0.05, 0) is 50.8 Å². The van der Waals surface area contributed by atoms with E-state index in [0.29, 0.717) is 32.5 Å². The van der Waals surface area contributed by atoms with Gasteiger partial charge in [0.15, 0.2) is 0 Å². The summed E-state index contributed by atoms with van der Waals surface area (Å²) in [4.78, 5) is 40.2. The lowest BCUT2D eigenvalue weighted by Crippen LogP contribution is -2.54. The minimum Gasteiger partial charge on any atom is -0.350 e. The Kier molecular flexibility index (Phi) is 8.21. The van der Waals surface area contributed by atoms with Crippen LogP contribution in [-0.2, 0) is 20.9 Å². The Bertz CT molecular complexity index is 721. The van der Waals surface area contributed by atoms with E-state index in [0.717, 1.165) is 31.4 Å². The Labute approximate surface area is 177 Å². The second-order valence-corrected chi connectivity index (χ2v) is 8.07. The summed E-state index contributed by atoms with van der Waals surface area (Å²) in [6, 6.07) is 8.38. The molecule has 0 radical (unpaired) electrons. The second kappa shape index (κ2) is 11.1. The molecule has 2 fully saturated rings. The summed E-state index contributed by atoms with van der Waals surface area (Å²) in [6.45, 7) is 2.87. The zero-order valence-electron chi connectivity index (χ0n) is 17.4. The number of amides is 3. The fourth-order valence-corrected chi connectivity index (χ4v) is 4.21. The average molecular weight is 416 g/mol. The van der Waals surface area contributed by atoms with E-state index in [1.165, 1.54) is 0 Å². The van der Waals surface area contributed by atoms with Gasteiger partial charge in [-0.25, -0.2) is 0 Å². The van der Waals surface area contributed by atoms with E-state index in [-0.39, 0.29) is 30.2 Å². The van der Waals surface area contributed by atoms with Crippen LogP contribution in [0.2, 0.25) is 0 Å². The van der Waals surface area contributed by atoms with Crippen LogP contribution in [0.5, 0.6) is 0 Å². The lowest BCUT2D eigenvalue weighted by atomic mass is 9.97. The lowest BCUT2D eigenvalue weighted by molar-refractivity contribution is -0.142. The number of carbonyl (C=O) groups excluding carboxylic acids is 3. The molecular weight excluding hydrogens is 382 g/mol. The monoisotopic (exact) mass is 415 g/mol. The summed E-state index contributed by atoms with van der Waals surface area (Å²) in [6.07, 6.45) is 3.60. The van der Waals surface area contributed by atoms with Gasteiger partial charge in [0, 0.05) is 19.6 Å². The van der Waals surface area contributed by atoms with Crippen molar-refractivity contribution in [1.82, 2.24) is 20.9 Å². The number of nitrogens with one attached hydrogen (secondary N) is 3. The number of hydrogen-bond acceptors (Lipinski definition) is 5. The van der Waals surface area contributed by atoms with Gasteiger partial charge in [0.2, 0.25) is 17.7 Å². The van der Waals surface area contributed by atoms with Crippen LogP contribution in [0.1, 0.15) is 37.7 Å². The van der Waals surface area contributed by atoms with Crippen LogP contribution >= 0.6 is 0 Å². The van der Waals surface area contributed by atoms with Gasteiger partial charge in [-0.2, -0.15) is 0 Å². The molecule has 3 amide bonds. The summed E-state index contributed by atoms with van der Waals surface area (Å²) in [5, 5.41) is 8.97. The van der Waals surface area contributed by atoms with Crippen LogP contribution in [-0.4, -0.2) is 60.9 Å². The molecule has 0 aromatic heterocycles. The van der Waals surface area contributed by atoms with Crippen LogP contribution in [0, 0.1) is 5.92 Å². The predicted molar refractivity (Wildman–Crippen MR) is 114 cm³/mol. The van der Waals surface area contributed by atoms with Crippen molar-refractivity contribution < 1.29 is 14.4 Å². The third kappa shape index (κ3) is 5.79. The highest BCUT2D eigenvalue weighted by molar-refractivity contribution is 5.92. The van der Waals surface area contributed by atoms with Gasteiger partial charge in [0.05, 0.1) is 5.92 Å². The Morgan fingerprint density at radius 2 is 1.97 bits per heavy atom. The standard InChI is InChI=1S/C22H33N5O3/c23-11-10-18(20(28)25-14-16-6-2-1-3-7-16)26-21(29)19-9-5-13-27(19)22(30)17-8-4-12-24-15-17/h1-3,6-7,17-19,24H,4-5,8-15,23H2,(H,25,28)(H,26,29)/t17?,18-,19+/m0/s1. The largest absolute Gasteiger partial charge is 0.350 e. The van der Waals surface area contributed by atoms with E-state index in [1.807, 2.05) is 30.3 Å². The van der Waals surface area contributed by atoms with Gasteiger partial charge in [-0.3, -0.25) is 14.4 Å². The summed E-state index contributed by atoms with van der Waals surface area (Å²) >= 11 is 0. The molecule has 2 aliphatic heterocycles. The Balaban J connectivity index is 1.57. The highest BCUT2D eigenvalue weighted by Gasteiger charge is 2.38. The van der Waals surface area contributed by atoms with Gasteiger partial charge in [-0.1, -0.05) is 30.3 Å². The number of carbonyl (C=O) groups is 3. The van der Waals surface area contributed by atoms with Crippen LogP contribution < -0.4 is 21.7 Å². The molecule has 0 bridgehead atoms. The maximum absolute atomic E-state index is 13.0. The molecule has 164 valence electrons. The molecule has 1 aromatic rings. The maximum Gasteiger partial charge on any atom is 0.243 e. The Morgan fingerprint density at radius 3 is 2.67 bits per heavy atom. The van der Waals surface area contributed by atoms with Crippen molar-refractivity contribution in [2.45, 2.75) is 50.7 Å². The van der Waals surface area contributed by atoms with Crippen LogP contribution in [0.3, 0.4) is 0 Å². The van der Waals surface area contributed by atoms with Crippen molar-refractivity contribution in [3.8, 4) is 0 Å². The third-order valence-electron chi connectivity index (χ3n) is 5.88. The predicted octanol–water partition coefficient (Wildman–Crippen LogP) is 0.127. The molecule has 30 heavy (non-hydrogen) atoms. The molecule has 0 spiro atoms. The smallest absolute Gasteiger partial charge is 0.243 e. The van der Waals surface area contributed by atoms with E-state index in [1.54, 1.807) is 4.90 Å². The fraction of sp³-hybridized carbons (Fsp3) is 0.591. The number of nitrogens with two attached hydrogens (primary N) is 1. The summed E-state index contributed by atoms with van der Waals surface area (Å²) in [5.74, 6) is -0.548. The summed E-state index contributed by atoms with van der Waals surface area (Å²) < 4.78 is 0. The molecule has 2 aliphatic rings. The Hall–Kier alpha value is -2.45. The second-order valence-electron chi connectivity index (χ2n) is 8.07. The fourth-order valence-electron chi connectivity index (χ4n) is 4.21. The molecule has 5 N–H and O–H groups in total. The third-order valence-corrected chi connectivity index (χ3v) is 5.88. The highest BCUT2D eigenvalue weighted by Crippen LogP contribution is 2.23. The molecule has 2 saturated heterocycles. The molecule has 2 heterocycles. The van der Waals surface area contributed by atoms with Gasteiger partial charge in [-0.15, -0.1) is 0 Å². The number of piperidine rings is 1. The first-order chi connectivity index (χ1) is 14.6. The highest BCUT2D eigenvalue weighted by atomic mass is 16.2. The van der Waals surface area contributed by atoms with Crippen molar-refractivity contribution in [3.05, 3.63) is 35.9 Å². The topological polar surface area (TPSA) is 117 Å². The van der Waals surface area contributed by atoms with Gasteiger partial charge in [0.25, 0.3) is 0 Å². The van der Waals surface area contributed by atoms with E-state index in [2.05, 4.69) is 16.0 Å². The molecule has 3 atom stereocenters. The number of likely N-dealkylation sites (tertiary alicyclic amines) is 1. The van der Waals surface area contributed by atoms with Crippen molar-refractivity contribution in [2.75, 3.05) is 26.2 Å². The number of nitrogens with zero attached hydrogens (tertiary/aromatic N) is 1. The first kappa shape index (κ1) is 22.2. The molecule has 1 unspecified atom stereocenters. The molecule has 1 aromatic carbocycles. The number of rotatable bonds is 8. The maximum atomic E-state index is 13.0. The van der Waals surface area contributed by atoms with Crippen LogP contribution in [0.15, 0.2) is 30.3 Å². The minimum atomic E-state index is -0.708. The molecular formula is C22H33N5O3. The van der Waals surface area contributed by atoms with E-state index >= 15 is 0 Å². The molecule has 0 aliphatic carbocycles. The van der Waals surface area contributed by atoms with Crippen molar-refractivity contribution in [3.63, 3.8) is 0 Å². The summed E-state index contributed by atoms with van der Waals surface area (Å²) in [5.41, 5.74) is 6.66. The van der Waals surface area contributed by atoms with Crippen molar-refractivity contribution in [1.29, 1.82) is 0 Å². The Morgan fingerprint density at radius 1 is 1.17 bits per heavy atom. The number of hydrogen-bond donors (Lipinski definition) is 4. The minimum absolute atomic E-state index is 0.0451. The lowest BCUT2D eigenvalue weighted by Gasteiger charge is -2.31. The molecule has 3 rings (SSSR count).